The standard InChI is InChI=1S/C17H17IN2O2/c1-12(18)8-9-15-13(2)16(21)20(17(22)19-15)11-10-14-6-4-3-5-7-14/h3-9H,1,10-11H2,2H3,(H,19,22)/b9-8-. The van der Waals surface area contributed by atoms with Crippen molar-refractivity contribution in [1.29, 1.82) is 0 Å². The van der Waals surface area contributed by atoms with Gasteiger partial charge >= 0.3 is 5.69 Å². The number of aromatic amines is 1. The number of H-pyrrole nitrogens is 1. The van der Waals surface area contributed by atoms with E-state index in [2.05, 4.69) is 34.2 Å². The average Bonchev–Trinajstić information content (AvgIpc) is 2.50. The van der Waals surface area contributed by atoms with Crippen molar-refractivity contribution in [2.75, 3.05) is 0 Å². The number of allylic oxidation sites excluding steroid dienone is 2. The van der Waals surface area contributed by atoms with Crippen molar-refractivity contribution in [2.24, 2.45) is 0 Å². The van der Waals surface area contributed by atoms with Crippen LogP contribution in [0, 0.1) is 6.92 Å². The summed E-state index contributed by atoms with van der Waals surface area (Å²) in [6, 6.07) is 9.79. The molecular formula is C17H17IN2O2. The fourth-order valence-corrected chi connectivity index (χ4v) is 2.30. The van der Waals surface area contributed by atoms with Crippen LogP contribution in [0.15, 0.2) is 56.2 Å². The Morgan fingerprint density at radius 2 is 2.00 bits per heavy atom. The van der Waals surface area contributed by atoms with Crippen LogP contribution in [0.2, 0.25) is 0 Å². The molecule has 0 atom stereocenters. The van der Waals surface area contributed by atoms with Crippen LogP contribution in [0.3, 0.4) is 0 Å². The Morgan fingerprint density at radius 1 is 1.32 bits per heavy atom. The molecule has 114 valence electrons. The lowest BCUT2D eigenvalue weighted by Gasteiger charge is -2.08. The van der Waals surface area contributed by atoms with Gasteiger partial charge in [0, 0.05) is 15.7 Å². The van der Waals surface area contributed by atoms with Crippen LogP contribution in [0.1, 0.15) is 16.8 Å². The zero-order valence-corrected chi connectivity index (χ0v) is 14.5. The summed E-state index contributed by atoms with van der Waals surface area (Å²) in [5.41, 5.74) is 1.52. The Bertz CT molecular complexity index is 817. The molecule has 1 aromatic heterocycles. The second-order valence-corrected chi connectivity index (χ2v) is 6.33. The third kappa shape index (κ3) is 4.07. The molecule has 5 heteroatoms. The van der Waals surface area contributed by atoms with E-state index in [1.807, 2.05) is 30.3 Å². The molecular weight excluding hydrogens is 391 g/mol. The van der Waals surface area contributed by atoms with Crippen molar-refractivity contribution in [3.63, 3.8) is 0 Å². The van der Waals surface area contributed by atoms with Crippen LogP contribution in [-0.2, 0) is 13.0 Å². The Morgan fingerprint density at radius 3 is 2.64 bits per heavy atom. The zero-order valence-electron chi connectivity index (χ0n) is 12.3. The average molecular weight is 408 g/mol. The van der Waals surface area contributed by atoms with Crippen molar-refractivity contribution in [1.82, 2.24) is 9.55 Å². The van der Waals surface area contributed by atoms with Gasteiger partial charge in [-0.1, -0.05) is 36.9 Å². The van der Waals surface area contributed by atoms with Gasteiger partial charge in [-0.05, 0) is 53.7 Å². The van der Waals surface area contributed by atoms with E-state index in [0.29, 0.717) is 24.2 Å². The smallest absolute Gasteiger partial charge is 0.307 e. The first-order valence-corrected chi connectivity index (χ1v) is 7.97. The Balaban J connectivity index is 2.30. The highest BCUT2D eigenvalue weighted by atomic mass is 127. The summed E-state index contributed by atoms with van der Waals surface area (Å²) in [5, 5.41) is 0. The molecule has 0 spiro atoms. The third-order valence-electron chi connectivity index (χ3n) is 3.35. The van der Waals surface area contributed by atoms with Gasteiger partial charge < -0.3 is 4.98 Å². The summed E-state index contributed by atoms with van der Waals surface area (Å²) in [7, 11) is 0. The highest BCUT2D eigenvalue weighted by Crippen LogP contribution is 2.07. The predicted octanol–water partition coefficient (Wildman–Crippen LogP) is 3.05. The molecule has 0 fully saturated rings. The quantitative estimate of drug-likeness (QED) is 0.611. The van der Waals surface area contributed by atoms with E-state index in [1.165, 1.54) is 4.57 Å². The van der Waals surface area contributed by atoms with Crippen LogP contribution in [-0.4, -0.2) is 9.55 Å². The summed E-state index contributed by atoms with van der Waals surface area (Å²) in [5.74, 6) is 0. The molecule has 4 nitrogen and oxygen atoms in total. The maximum atomic E-state index is 12.4. The Labute approximate surface area is 142 Å². The highest BCUT2D eigenvalue weighted by molar-refractivity contribution is 14.1. The number of aromatic nitrogens is 2. The van der Waals surface area contributed by atoms with Gasteiger partial charge in [0.15, 0.2) is 0 Å². The van der Waals surface area contributed by atoms with Gasteiger partial charge in [0.2, 0.25) is 0 Å². The normalized spacial score (nSPS) is 11.0. The second-order valence-electron chi connectivity index (χ2n) is 4.94. The van der Waals surface area contributed by atoms with Gasteiger partial charge in [-0.25, -0.2) is 4.79 Å². The summed E-state index contributed by atoms with van der Waals surface area (Å²) < 4.78 is 2.07. The molecule has 2 aromatic rings. The zero-order chi connectivity index (χ0) is 16.1. The number of hydrogen-bond donors (Lipinski definition) is 1. The fourth-order valence-electron chi connectivity index (χ4n) is 2.12. The monoisotopic (exact) mass is 408 g/mol. The van der Waals surface area contributed by atoms with Crippen molar-refractivity contribution in [2.45, 2.75) is 19.9 Å². The first-order chi connectivity index (χ1) is 10.5. The van der Waals surface area contributed by atoms with E-state index in [0.717, 1.165) is 9.14 Å². The molecule has 1 heterocycles. The Kier molecular flexibility index (Phi) is 5.54. The highest BCUT2D eigenvalue weighted by Gasteiger charge is 2.08. The number of hydrogen-bond acceptors (Lipinski definition) is 2. The van der Waals surface area contributed by atoms with Crippen molar-refractivity contribution < 1.29 is 0 Å². The van der Waals surface area contributed by atoms with Crippen LogP contribution in [0.4, 0.5) is 0 Å². The predicted molar refractivity (Wildman–Crippen MR) is 98.4 cm³/mol. The van der Waals surface area contributed by atoms with E-state index in [1.54, 1.807) is 19.1 Å². The van der Waals surface area contributed by atoms with Gasteiger partial charge in [-0.15, -0.1) is 0 Å². The van der Waals surface area contributed by atoms with Crippen LogP contribution < -0.4 is 11.2 Å². The lowest BCUT2D eigenvalue weighted by Crippen LogP contribution is -2.37. The molecule has 0 aliphatic rings. The number of halogens is 1. The number of nitrogens with one attached hydrogen (secondary N) is 1. The molecule has 1 aromatic carbocycles. The summed E-state index contributed by atoms with van der Waals surface area (Å²) >= 11 is 2.07. The molecule has 0 saturated heterocycles. The molecule has 0 bridgehead atoms. The number of benzene rings is 1. The van der Waals surface area contributed by atoms with Gasteiger partial charge in [-0.3, -0.25) is 9.36 Å². The fraction of sp³-hybridized carbons (Fsp3) is 0.176. The molecule has 0 saturated carbocycles. The molecule has 0 amide bonds. The maximum Gasteiger partial charge on any atom is 0.328 e. The van der Waals surface area contributed by atoms with Crippen LogP contribution in [0.5, 0.6) is 0 Å². The van der Waals surface area contributed by atoms with E-state index >= 15 is 0 Å². The van der Waals surface area contributed by atoms with E-state index in [9.17, 15) is 9.59 Å². The molecule has 0 aliphatic heterocycles. The SMILES string of the molecule is C=C(I)/C=C\c1[nH]c(=O)n(CCc2ccccc2)c(=O)c1C. The first-order valence-electron chi connectivity index (χ1n) is 6.89. The van der Waals surface area contributed by atoms with E-state index in [-0.39, 0.29) is 11.2 Å². The van der Waals surface area contributed by atoms with Crippen molar-refractivity contribution in [3.8, 4) is 0 Å². The largest absolute Gasteiger partial charge is 0.328 e. The van der Waals surface area contributed by atoms with Gasteiger partial charge in [0.25, 0.3) is 5.56 Å². The minimum absolute atomic E-state index is 0.251. The minimum atomic E-state index is -0.384. The van der Waals surface area contributed by atoms with E-state index in [4.69, 9.17) is 0 Å². The van der Waals surface area contributed by atoms with Crippen LogP contribution in [0.25, 0.3) is 6.08 Å². The summed E-state index contributed by atoms with van der Waals surface area (Å²) in [4.78, 5) is 27.2. The molecule has 0 aliphatic carbocycles. The molecule has 0 radical (unpaired) electrons. The van der Waals surface area contributed by atoms with Crippen molar-refractivity contribution in [3.05, 3.63) is 84.2 Å². The summed E-state index contributed by atoms with van der Waals surface area (Å²) in [6.45, 7) is 5.83. The van der Waals surface area contributed by atoms with Crippen molar-refractivity contribution >= 4 is 28.7 Å². The first kappa shape index (κ1) is 16.5. The van der Waals surface area contributed by atoms with Gasteiger partial charge in [-0.2, -0.15) is 0 Å². The Hall–Kier alpha value is -1.89. The minimum Gasteiger partial charge on any atom is -0.307 e. The summed E-state index contributed by atoms with van der Waals surface area (Å²) in [6.07, 6.45) is 4.10. The topological polar surface area (TPSA) is 54.9 Å². The molecule has 0 unspecified atom stereocenters. The number of nitrogens with zero attached hydrogens (tertiary/aromatic N) is 1. The van der Waals surface area contributed by atoms with E-state index < -0.39 is 0 Å². The van der Waals surface area contributed by atoms with Gasteiger partial charge in [0.05, 0.1) is 5.69 Å². The number of aryl methyl sites for hydroxylation is 1. The van der Waals surface area contributed by atoms with Gasteiger partial charge in [0.1, 0.15) is 0 Å². The lowest BCUT2D eigenvalue weighted by atomic mass is 10.1. The molecule has 22 heavy (non-hydrogen) atoms. The maximum absolute atomic E-state index is 12.4. The molecule has 2 rings (SSSR count). The number of rotatable bonds is 5. The second kappa shape index (κ2) is 7.40. The van der Waals surface area contributed by atoms with Crippen LogP contribution >= 0.6 is 22.6 Å². The molecule has 1 N–H and O–H groups in total. The lowest BCUT2D eigenvalue weighted by molar-refractivity contribution is 0.621. The third-order valence-corrected chi connectivity index (χ3v) is 3.71.